The first-order valence-corrected chi connectivity index (χ1v) is 6.28. The largest absolute Gasteiger partial charge is 0.396 e. The van der Waals surface area contributed by atoms with Crippen LogP contribution in [0, 0.1) is 0 Å². The molecule has 1 heterocycles. The number of nitrogens with one attached hydrogen (secondary N) is 2. The number of pyridine rings is 1. The van der Waals surface area contributed by atoms with Crippen molar-refractivity contribution in [3.05, 3.63) is 16.1 Å². The van der Waals surface area contributed by atoms with Crippen molar-refractivity contribution < 1.29 is 9.84 Å². The molecule has 0 amide bonds. The third kappa shape index (κ3) is 4.17. The van der Waals surface area contributed by atoms with Crippen LogP contribution in [0.5, 0.6) is 0 Å². The topological polar surface area (TPSA) is 66.4 Å². The van der Waals surface area contributed by atoms with E-state index in [1.807, 2.05) is 0 Å². The molecule has 5 nitrogen and oxygen atoms in total. The summed E-state index contributed by atoms with van der Waals surface area (Å²) in [6.45, 7) is 0.515. The molecule has 1 rings (SSSR count). The molecule has 0 bridgehead atoms. The lowest BCUT2D eigenvalue weighted by Gasteiger charge is -2.19. The molecule has 0 saturated carbocycles. The molecule has 0 aromatic carbocycles. The Morgan fingerprint density at radius 1 is 1.39 bits per heavy atom. The van der Waals surface area contributed by atoms with Gasteiger partial charge in [0.1, 0.15) is 11.6 Å². The van der Waals surface area contributed by atoms with Crippen molar-refractivity contribution in [3.63, 3.8) is 0 Å². The molecule has 102 valence electrons. The molecule has 0 radical (unpaired) electrons. The van der Waals surface area contributed by atoms with Gasteiger partial charge in [0.05, 0.1) is 22.7 Å². The lowest BCUT2D eigenvalue weighted by molar-refractivity contribution is 0.170. The van der Waals surface area contributed by atoms with Crippen LogP contribution in [0.25, 0.3) is 0 Å². The molecule has 1 atom stereocenters. The highest BCUT2D eigenvalue weighted by atomic mass is 35.5. The normalized spacial score (nSPS) is 12.3. The van der Waals surface area contributed by atoms with Gasteiger partial charge in [-0.3, -0.25) is 0 Å². The van der Waals surface area contributed by atoms with Crippen LogP contribution in [0.1, 0.15) is 6.42 Å². The smallest absolute Gasteiger partial charge is 0.147 e. The van der Waals surface area contributed by atoms with Gasteiger partial charge < -0.3 is 20.5 Å². The molecule has 0 aliphatic rings. The number of aliphatic hydroxyl groups is 1. The number of aromatic nitrogens is 1. The maximum atomic E-state index is 8.97. The highest BCUT2D eigenvalue weighted by Crippen LogP contribution is 2.29. The van der Waals surface area contributed by atoms with Crippen LogP contribution in [-0.4, -0.2) is 43.5 Å². The van der Waals surface area contributed by atoms with Gasteiger partial charge in [-0.25, -0.2) is 4.98 Å². The number of nitrogens with zero attached hydrogens (tertiary/aromatic N) is 1. The molecular weight excluding hydrogens is 277 g/mol. The van der Waals surface area contributed by atoms with E-state index in [1.54, 1.807) is 20.2 Å². The SMILES string of the molecule is CNc1nc(NC(CCO)COC)c(Cl)cc1Cl. The molecule has 1 unspecified atom stereocenters. The first-order valence-electron chi connectivity index (χ1n) is 5.52. The fourth-order valence-electron chi connectivity index (χ4n) is 1.49. The van der Waals surface area contributed by atoms with Gasteiger partial charge in [-0.15, -0.1) is 0 Å². The van der Waals surface area contributed by atoms with Crippen molar-refractivity contribution in [2.75, 3.05) is 38.0 Å². The summed E-state index contributed by atoms with van der Waals surface area (Å²) in [5.41, 5.74) is 0. The summed E-state index contributed by atoms with van der Waals surface area (Å²) in [6, 6.07) is 1.56. The third-order valence-electron chi connectivity index (χ3n) is 2.35. The number of rotatable bonds is 7. The lowest BCUT2D eigenvalue weighted by Crippen LogP contribution is -2.26. The molecule has 0 aliphatic carbocycles. The zero-order valence-corrected chi connectivity index (χ0v) is 11.8. The number of hydrogen-bond acceptors (Lipinski definition) is 5. The molecule has 0 spiro atoms. The number of methoxy groups -OCH3 is 1. The van der Waals surface area contributed by atoms with Gasteiger partial charge in [-0.05, 0) is 12.5 Å². The molecule has 0 saturated heterocycles. The molecule has 1 aromatic rings. The van der Waals surface area contributed by atoms with Crippen LogP contribution in [-0.2, 0) is 4.74 Å². The molecule has 3 N–H and O–H groups in total. The Balaban J connectivity index is 2.87. The van der Waals surface area contributed by atoms with E-state index < -0.39 is 0 Å². The summed E-state index contributed by atoms with van der Waals surface area (Å²) >= 11 is 12.0. The van der Waals surface area contributed by atoms with Crippen LogP contribution in [0.3, 0.4) is 0 Å². The van der Waals surface area contributed by atoms with Crippen LogP contribution in [0.4, 0.5) is 11.6 Å². The summed E-state index contributed by atoms with van der Waals surface area (Å²) in [5, 5.41) is 15.9. The second-order valence-corrected chi connectivity index (χ2v) is 4.52. The van der Waals surface area contributed by atoms with E-state index >= 15 is 0 Å². The van der Waals surface area contributed by atoms with Gasteiger partial charge in [0, 0.05) is 20.8 Å². The Kier molecular flexibility index (Phi) is 6.49. The Labute approximate surface area is 116 Å². The fraction of sp³-hybridized carbons (Fsp3) is 0.545. The van der Waals surface area contributed by atoms with E-state index in [1.165, 1.54) is 0 Å². The summed E-state index contributed by atoms with van der Waals surface area (Å²) < 4.78 is 5.06. The second-order valence-electron chi connectivity index (χ2n) is 3.71. The monoisotopic (exact) mass is 293 g/mol. The number of anilines is 2. The molecule has 0 aliphatic heterocycles. The van der Waals surface area contributed by atoms with E-state index in [0.29, 0.717) is 34.7 Å². The maximum absolute atomic E-state index is 8.97. The van der Waals surface area contributed by atoms with Crippen molar-refractivity contribution in [3.8, 4) is 0 Å². The van der Waals surface area contributed by atoms with Crippen molar-refractivity contribution in [2.45, 2.75) is 12.5 Å². The molecule has 18 heavy (non-hydrogen) atoms. The van der Waals surface area contributed by atoms with Gasteiger partial charge in [0.25, 0.3) is 0 Å². The first-order chi connectivity index (χ1) is 8.62. The van der Waals surface area contributed by atoms with Gasteiger partial charge in [-0.2, -0.15) is 0 Å². The first kappa shape index (κ1) is 15.3. The Morgan fingerprint density at radius 2 is 2.06 bits per heavy atom. The highest BCUT2D eigenvalue weighted by Gasteiger charge is 2.13. The highest BCUT2D eigenvalue weighted by molar-refractivity contribution is 6.37. The minimum absolute atomic E-state index is 0.0594. The molecule has 1 aromatic heterocycles. The van der Waals surface area contributed by atoms with Crippen molar-refractivity contribution in [2.24, 2.45) is 0 Å². The minimum atomic E-state index is -0.0594. The van der Waals surface area contributed by atoms with Crippen LogP contribution < -0.4 is 10.6 Å². The Morgan fingerprint density at radius 3 is 2.61 bits per heavy atom. The zero-order chi connectivity index (χ0) is 13.5. The Bertz CT molecular complexity index is 385. The molecule has 7 heteroatoms. The van der Waals surface area contributed by atoms with Crippen LogP contribution in [0.15, 0.2) is 6.07 Å². The third-order valence-corrected chi connectivity index (χ3v) is 2.93. The summed E-state index contributed by atoms with van der Waals surface area (Å²) in [7, 11) is 3.33. The van der Waals surface area contributed by atoms with E-state index in [0.717, 1.165) is 0 Å². The predicted molar refractivity (Wildman–Crippen MR) is 74.8 cm³/mol. The molecule has 0 fully saturated rings. The number of halogens is 2. The van der Waals surface area contributed by atoms with Crippen LogP contribution in [0.2, 0.25) is 10.0 Å². The predicted octanol–water partition coefficient (Wildman–Crippen LogP) is 2.24. The van der Waals surface area contributed by atoms with Gasteiger partial charge in [-0.1, -0.05) is 23.2 Å². The van der Waals surface area contributed by atoms with Crippen LogP contribution >= 0.6 is 23.2 Å². The fourth-order valence-corrected chi connectivity index (χ4v) is 2.00. The van der Waals surface area contributed by atoms with E-state index in [9.17, 15) is 0 Å². The summed E-state index contributed by atoms with van der Waals surface area (Å²) in [5.74, 6) is 1.06. The van der Waals surface area contributed by atoms with Gasteiger partial charge in [0.15, 0.2) is 0 Å². The maximum Gasteiger partial charge on any atom is 0.147 e. The van der Waals surface area contributed by atoms with E-state index in [2.05, 4.69) is 15.6 Å². The van der Waals surface area contributed by atoms with E-state index in [4.69, 9.17) is 33.0 Å². The number of hydrogen-bond donors (Lipinski definition) is 3. The van der Waals surface area contributed by atoms with E-state index in [-0.39, 0.29) is 12.6 Å². The number of ether oxygens (including phenoxy) is 1. The minimum Gasteiger partial charge on any atom is -0.396 e. The van der Waals surface area contributed by atoms with Crippen molar-refractivity contribution >= 4 is 34.8 Å². The zero-order valence-electron chi connectivity index (χ0n) is 10.3. The number of aliphatic hydroxyl groups excluding tert-OH is 1. The average Bonchev–Trinajstić information content (AvgIpc) is 2.33. The van der Waals surface area contributed by atoms with Gasteiger partial charge in [0.2, 0.25) is 0 Å². The Hall–Kier alpha value is -0.750. The van der Waals surface area contributed by atoms with Crippen molar-refractivity contribution in [1.82, 2.24) is 4.98 Å². The second kappa shape index (κ2) is 7.63. The summed E-state index contributed by atoms with van der Waals surface area (Å²) in [4.78, 5) is 4.27. The van der Waals surface area contributed by atoms with Gasteiger partial charge >= 0.3 is 0 Å². The van der Waals surface area contributed by atoms with Crippen molar-refractivity contribution in [1.29, 1.82) is 0 Å². The molecular formula is C11H17Cl2N3O2. The lowest BCUT2D eigenvalue weighted by atomic mass is 10.2. The summed E-state index contributed by atoms with van der Waals surface area (Å²) in [6.07, 6.45) is 0.545. The average molecular weight is 294 g/mol. The standard InChI is InChI=1S/C11H17Cl2N3O2/c1-14-10-8(12)5-9(13)11(16-10)15-7(3-4-17)6-18-2/h5,7,17H,3-4,6H2,1-2H3,(H2,14,15,16). The quantitative estimate of drug-likeness (QED) is 0.719.